The van der Waals surface area contributed by atoms with E-state index in [2.05, 4.69) is 0 Å². The van der Waals surface area contributed by atoms with Crippen LogP contribution in [0.3, 0.4) is 0 Å². The van der Waals surface area contributed by atoms with Crippen molar-refractivity contribution in [2.24, 2.45) is 11.1 Å². The molecule has 2 unspecified atom stereocenters. The van der Waals surface area contributed by atoms with Crippen LogP contribution >= 0.6 is 0 Å². The second-order valence-corrected chi connectivity index (χ2v) is 9.49. The summed E-state index contributed by atoms with van der Waals surface area (Å²) in [7, 11) is -3.89. The summed E-state index contributed by atoms with van der Waals surface area (Å²) < 4.78 is 23.0. The van der Waals surface area contributed by atoms with Crippen molar-refractivity contribution in [2.75, 3.05) is 4.90 Å². The van der Waals surface area contributed by atoms with Gasteiger partial charge in [-0.25, -0.2) is 18.5 Å². The van der Waals surface area contributed by atoms with Crippen molar-refractivity contribution in [3.8, 4) is 0 Å². The van der Waals surface area contributed by atoms with Crippen LogP contribution in [0.5, 0.6) is 0 Å². The Balaban J connectivity index is 1.65. The van der Waals surface area contributed by atoms with Gasteiger partial charge in [0.1, 0.15) is 6.04 Å². The van der Waals surface area contributed by atoms with Crippen molar-refractivity contribution in [1.29, 1.82) is 0 Å². The van der Waals surface area contributed by atoms with Crippen LogP contribution in [0.1, 0.15) is 37.8 Å². The molecule has 1 aliphatic carbocycles. The smallest absolute Gasteiger partial charge is 0.257 e. The number of imide groups is 1. The maximum Gasteiger partial charge on any atom is 0.257 e. The van der Waals surface area contributed by atoms with Crippen LogP contribution in [0.15, 0.2) is 59.5 Å². The zero-order valence-corrected chi connectivity index (χ0v) is 17.8. The first-order chi connectivity index (χ1) is 14.7. The zero-order chi connectivity index (χ0) is 22.3. The molecule has 9 heteroatoms. The summed E-state index contributed by atoms with van der Waals surface area (Å²) in [6.45, 7) is 1.86. The standard InChI is InChI=1S/C22H23N3O5S/c1-14(15-5-3-2-4-6-15)24(21(27)16-7-8-16)19-13-20(26)25(22(19)28)17-9-11-18(12-10-17)31(23,29)30/h2-6,9-12,14,16,19H,7-8,13H2,1H3,(H2,23,29,30). The van der Waals surface area contributed by atoms with Gasteiger partial charge in [0.2, 0.25) is 21.8 Å². The fourth-order valence-electron chi connectivity index (χ4n) is 3.94. The molecule has 2 N–H and O–H groups in total. The Morgan fingerprint density at radius 1 is 1.06 bits per heavy atom. The van der Waals surface area contributed by atoms with E-state index in [0.29, 0.717) is 0 Å². The molecule has 1 saturated heterocycles. The lowest BCUT2D eigenvalue weighted by molar-refractivity contribution is -0.142. The maximum absolute atomic E-state index is 13.3. The van der Waals surface area contributed by atoms with Crippen molar-refractivity contribution >= 4 is 33.4 Å². The number of sulfonamides is 1. The van der Waals surface area contributed by atoms with Crippen LogP contribution in [0.4, 0.5) is 5.69 Å². The molecule has 1 aliphatic heterocycles. The summed E-state index contributed by atoms with van der Waals surface area (Å²) in [5.41, 5.74) is 1.13. The molecule has 1 heterocycles. The maximum atomic E-state index is 13.3. The van der Waals surface area contributed by atoms with Crippen molar-refractivity contribution < 1.29 is 22.8 Å². The molecule has 2 fully saturated rings. The lowest BCUT2D eigenvalue weighted by Crippen LogP contribution is -2.47. The summed E-state index contributed by atoms with van der Waals surface area (Å²) in [5, 5.41) is 5.11. The lowest BCUT2D eigenvalue weighted by atomic mass is 10.0. The first-order valence-corrected chi connectivity index (χ1v) is 11.6. The van der Waals surface area contributed by atoms with Gasteiger partial charge in [-0.05, 0) is 49.6 Å². The minimum Gasteiger partial charge on any atom is -0.323 e. The number of hydrogen-bond donors (Lipinski definition) is 1. The van der Waals surface area contributed by atoms with Gasteiger partial charge in [0.05, 0.1) is 23.0 Å². The molecule has 3 amide bonds. The van der Waals surface area contributed by atoms with E-state index in [1.54, 1.807) is 4.90 Å². The van der Waals surface area contributed by atoms with E-state index in [1.165, 1.54) is 24.3 Å². The average Bonchev–Trinajstić information content (AvgIpc) is 3.55. The molecular weight excluding hydrogens is 418 g/mol. The molecule has 0 spiro atoms. The van der Waals surface area contributed by atoms with E-state index >= 15 is 0 Å². The quantitative estimate of drug-likeness (QED) is 0.688. The molecule has 4 rings (SSSR count). The van der Waals surface area contributed by atoms with Crippen LogP contribution in [0, 0.1) is 5.92 Å². The molecule has 162 valence electrons. The Morgan fingerprint density at radius 3 is 2.23 bits per heavy atom. The zero-order valence-electron chi connectivity index (χ0n) is 17.0. The highest BCUT2D eigenvalue weighted by atomic mass is 32.2. The highest BCUT2D eigenvalue weighted by molar-refractivity contribution is 7.89. The van der Waals surface area contributed by atoms with E-state index in [1.807, 2.05) is 37.3 Å². The Bertz CT molecular complexity index is 1130. The number of rotatable bonds is 6. The third kappa shape index (κ3) is 4.11. The Morgan fingerprint density at radius 2 is 1.68 bits per heavy atom. The number of amides is 3. The summed E-state index contributed by atoms with van der Waals surface area (Å²) in [5.74, 6) is -1.16. The topological polar surface area (TPSA) is 118 Å². The second kappa shape index (κ2) is 7.90. The van der Waals surface area contributed by atoms with Crippen LogP contribution < -0.4 is 10.0 Å². The molecule has 31 heavy (non-hydrogen) atoms. The van der Waals surface area contributed by atoms with E-state index in [9.17, 15) is 22.8 Å². The Kier molecular flexibility index (Phi) is 5.40. The molecule has 2 aliphatic rings. The number of nitrogens with zero attached hydrogens (tertiary/aromatic N) is 2. The first kappa shape index (κ1) is 21.2. The molecule has 0 aromatic heterocycles. The Hall–Kier alpha value is -3.04. The summed E-state index contributed by atoms with van der Waals surface area (Å²) in [6.07, 6.45) is 1.44. The number of nitrogens with two attached hydrogens (primary N) is 1. The molecule has 8 nitrogen and oxygen atoms in total. The summed E-state index contributed by atoms with van der Waals surface area (Å²) in [6, 6.07) is 13.3. The predicted octanol–water partition coefficient (Wildman–Crippen LogP) is 1.97. The first-order valence-electron chi connectivity index (χ1n) is 10.1. The minimum atomic E-state index is -3.89. The van der Waals surface area contributed by atoms with Gasteiger partial charge in [-0.15, -0.1) is 0 Å². The van der Waals surface area contributed by atoms with E-state index in [-0.39, 0.29) is 34.9 Å². The van der Waals surface area contributed by atoms with Gasteiger partial charge in [0.15, 0.2) is 0 Å². The molecular formula is C22H23N3O5S. The van der Waals surface area contributed by atoms with E-state index in [4.69, 9.17) is 5.14 Å². The van der Waals surface area contributed by atoms with Crippen LogP contribution in [0.2, 0.25) is 0 Å². The molecule has 0 bridgehead atoms. The second-order valence-electron chi connectivity index (χ2n) is 7.93. The summed E-state index contributed by atoms with van der Waals surface area (Å²) >= 11 is 0. The average molecular weight is 442 g/mol. The molecule has 0 radical (unpaired) electrons. The van der Waals surface area contributed by atoms with Crippen LogP contribution in [-0.4, -0.2) is 37.1 Å². The summed E-state index contributed by atoms with van der Waals surface area (Å²) in [4.78, 5) is 41.6. The molecule has 2 aromatic carbocycles. The van der Waals surface area contributed by atoms with Gasteiger partial charge in [-0.1, -0.05) is 30.3 Å². The van der Waals surface area contributed by atoms with Crippen molar-refractivity contribution in [1.82, 2.24) is 4.90 Å². The highest BCUT2D eigenvalue weighted by Gasteiger charge is 2.48. The number of carbonyl (C=O) groups is 3. The fourth-order valence-corrected chi connectivity index (χ4v) is 4.45. The van der Waals surface area contributed by atoms with Gasteiger partial charge in [-0.2, -0.15) is 0 Å². The van der Waals surface area contributed by atoms with Gasteiger partial charge in [-0.3, -0.25) is 14.4 Å². The SMILES string of the molecule is CC(c1ccccc1)N(C(=O)C1CC1)C1CC(=O)N(c2ccc(S(N)(=O)=O)cc2)C1=O. The van der Waals surface area contributed by atoms with Crippen LogP contribution in [0.25, 0.3) is 0 Å². The monoisotopic (exact) mass is 441 g/mol. The van der Waals surface area contributed by atoms with E-state index < -0.39 is 27.9 Å². The fraction of sp³-hybridized carbons (Fsp3) is 0.318. The van der Waals surface area contributed by atoms with Crippen LogP contribution in [-0.2, 0) is 24.4 Å². The minimum absolute atomic E-state index is 0.114. The number of benzene rings is 2. The van der Waals surface area contributed by atoms with Gasteiger partial charge in [0, 0.05) is 5.92 Å². The van der Waals surface area contributed by atoms with E-state index in [0.717, 1.165) is 23.3 Å². The van der Waals surface area contributed by atoms with Crippen molar-refractivity contribution in [2.45, 2.75) is 43.2 Å². The molecule has 1 saturated carbocycles. The number of primary sulfonamides is 1. The molecule has 2 atom stereocenters. The predicted molar refractivity (Wildman–Crippen MR) is 113 cm³/mol. The molecule has 2 aromatic rings. The number of anilines is 1. The van der Waals surface area contributed by atoms with Gasteiger partial charge < -0.3 is 4.90 Å². The van der Waals surface area contributed by atoms with Gasteiger partial charge >= 0.3 is 0 Å². The highest BCUT2D eigenvalue weighted by Crippen LogP contribution is 2.38. The largest absolute Gasteiger partial charge is 0.323 e. The number of hydrogen-bond acceptors (Lipinski definition) is 5. The van der Waals surface area contributed by atoms with Gasteiger partial charge in [0.25, 0.3) is 5.91 Å². The Labute approximate surface area is 180 Å². The third-order valence-corrected chi connectivity index (χ3v) is 6.69. The normalized spacial score (nSPS) is 20.1. The van der Waals surface area contributed by atoms with Crippen molar-refractivity contribution in [3.63, 3.8) is 0 Å². The lowest BCUT2D eigenvalue weighted by Gasteiger charge is -2.33. The van der Waals surface area contributed by atoms with Crippen molar-refractivity contribution in [3.05, 3.63) is 60.2 Å². The number of carbonyl (C=O) groups excluding carboxylic acids is 3. The third-order valence-electron chi connectivity index (χ3n) is 5.76.